The fraction of sp³-hybridized carbons (Fsp3) is 0.727. The fourth-order valence-electron chi connectivity index (χ4n) is 1.39. The lowest BCUT2D eigenvalue weighted by Crippen LogP contribution is -2.45. The summed E-state index contributed by atoms with van der Waals surface area (Å²) in [4.78, 5) is 13.6. The number of nitrogens with one attached hydrogen (secondary N) is 1. The van der Waals surface area contributed by atoms with Crippen molar-refractivity contribution < 1.29 is 9.90 Å². The molecule has 0 spiro atoms. The Balaban J connectivity index is 4.05. The second-order valence-electron chi connectivity index (χ2n) is 3.42. The van der Waals surface area contributed by atoms with Crippen LogP contribution in [0.25, 0.3) is 0 Å². The number of aliphatic hydroxyl groups is 1. The SMILES string of the molecule is C=CCNC(=O)C(C)N(CC)CCCO. The molecule has 0 heterocycles. The molecule has 4 nitrogen and oxygen atoms in total. The standard InChI is InChI=1S/C11H22N2O2/c1-4-7-12-11(15)10(3)13(5-2)8-6-9-14/h4,10,14H,1,5-9H2,2-3H3,(H,12,15). The van der Waals surface area contributed by atoms with Crippen molar-refractivity contribution in [3.05, 3.63) is 12.7 Å². The molecular weight excluding hydrogens is 192 g/mol. The first-order chi connectivity index (χ1) is 7.17. The van der Waals surface area contributed by atoms with Gasteiger partial charge in [0.25, 0.3) is 0 Å². The smallest absolute Gasteiger partial charge is 0.237 e. The van der Waals surface area contributed by atoms with Gasteiger partial charge in [0, 0.05) is 19.7 Å². The minimum absolute atomic E-state index is 0.00897. The molecule has 0 saturated carbocycles. The summed E-state index contributed by atoms with van der Waals surface area (Å²) in [7, 11) is 0. The van der Waals surface area contributed by atoms with E-state index in [1.807, 2.05) is 18.7 Å². The number of hydrogen-bond acceptors (Lipinski definition) is 3. The van der Waals surface area contributed by atoms with E-state index in [4.69, 9.17) is 5.11 Å². The van der Waals surface area contributed by atoms with E-state index < -0.39 is 0 Å². The number of carbonyl (C=O) groups excluding carboxylic acids is 1. The van der Waals surface area contributed by atoms with Crippen molar-refractivity contribution in [3.8, 4) is 0 Å². The summed E-state index contributed by atoms with van der Waals surface area (Å²) in [6.45, 7) is 9.65. The van der Waals surface area contributed by atoms with Gasteiger partial charge < -0.3 is 10.4 Å². The molecule has 2 N–H and O–H groups in total. The zero-order chi connectivity index (χ0) is 11.7. The highest BCUT2D eigenvalue weighted by Crippen LogP contribution is 2.00. The molecule has 0 aromatic carbocycles. The van der Waals surface area contributed by atoms with Crippen LogP contribution >= 0.6 is 0 Å². The lowest BCUT2D eigenvalue weighted by Gasteiger charge is -2.26. The van der Waals surface area contributed by atoms with Gasteiger partial charge in [-0.1, -0.05) is 13.0 Å². The van der Waals surface area contributed by atoms with Crippen molar-refractivity contribution in [3.63, 3.8) is 0 Å². The van der Waals surface area contributed by atoms with Crippen LogP contribution in [0.15, 0.2) is 12.7 Å². The second kappa shape index (κ2) is 8.44. The Morgan fingerprint density at radius 3 is 2.80 bits per heavy atom. The lowest BCUT2D eigenvalue weighted by atomic mass is 10.2. The van der Waals surface area contributed by atoms with Crippen LogP contribution < -0.4 is 5.32 Å². The average molecular weight is 214 g/mol. The predicted octanol–water partition coefficient (Wildman–Crippen LogP) is 0.381. The molecule has 88 valence electrons. The average Bonchev–Trinajstić information content (AvgIpc) is 2.26. The van der Waals surface area contributed by atoms with Crippen molar-refractivity contribution in [1.82, 2.24) is 10.2 Å². The summed E-state index contributed by atoms with van der Waals surface area (Å²) in [5.74, 6) is 0.00897. The summed E-state index contributed by atoms with van der Waals surface area (Å²) in [6.07, 6.45) is 2.36. The summed E-state index contributed by atoms with van der Waals surface area (Å²) in [6, 6.07) is -0.151. The predicted molar refractivity (Wildman–Crippen MR) is 61.6 cm³/mol. The monoisotopic (exact) mass is 214 g/mol. The number of amides is 1. The Morgan fingerprint density at radius 2 is 2.33 bits per heavy atom. The van der Waals surface area contributed by atoms with Gasteiger partial charge in [-0.15, -0.1) is 6.58 Å². The van der Waals surface area contributed by atoms with Gasteiger partial charge >= 0.3 is 0 Å². The minimum atomic E-state index is -0.151. The summed E-state index contributed by atoms with van der Waals surface area (Å²) >= 11 is 0. The van der Waals surface area contributed by atoms with Gasteiger partial charge in [0.15, 0.2) is 0 Å². The Morgan fingerprint density at radius 1 is 1.67 bits per heavy atom. The number of nitrogens with zero attached hydrogens (tertiary/aromatic N) is 1. The quantitative estimate of drug-likeness (QED) is 0.574. The Labute approximate surface area is 92.0 Å². The van der Waals surface area contributed by atoms with Gasteiger partial charge in [0.05, 0.1) is 6.04 Å². The fourth-order valence-corrected chi connectivity index (χ4v) is 1.39. The second-order valence-corrected chi connectivity index (χ2v) is 3.42. The molecule has 1 unspecified atom stereocenters. The zero-order valence-corrected chi connectivity index (χ0v) is 9.70. The first-order valence-corrected chi connectivity index (χ1v) is 5.40. The van der Waals surface area contributed by atoms with E-state index >= 15 is 0 Å². The zero-order valence-electron chi connectivity index (χ0n) is 9.70. The van der Waals surface area contributed by atoms with Crippen LogP contribution in [0, 0.1) is 0 Å². The molecule has 4 heteroatoms. The third-order valence-electron chi connectivity index (χ3n) is 2.36. The number of aliphatic hydroxyl groups excluding tert-OH is 1. The van der Waals surface area contributed by atoms with Crippen molar-refractivity contribution in [2.45, 2.75) is 26.3 Å². The third kappa shape index (κ3) is 5.54. The molecule has 15 heavy (non-hydrogen) atoms. The van der Waals surface area contributed by atoms with E-state index in [0.29, 0.717) is 13.0 Å². The normalized spacial score (nSPS) is 12.5. The van der Waals surface area contributed by atoms with Crippen LogP contribution in [0.2, 0.25) is 0 Å². The van der Waals surface area contributed by atoms with Gasteiger partial charge in [-0.3, -0.25) is 9.69 Å². The highest BCUT2D eigenvalue weighted by molar-refractivity contribution is 5.81. The van der Waals surface area contributed by atoms with Gasteiger partial charge in [-0.2, -0.15) is 0 Å². The van der Waals surface area contributed by atoms with E-state index in [9.17, 15) is 4.79 Å². The van der Waals surface area contributed by atoms with E-state index in [2.05, 4.69) is 11.9 Å². The summed E-state index contributed by atoms with van der Waals surface area (Å²) in [5, 5.41) is 11.5. The summed E-state index contributed by atoms with van der Waals surface area (Å²) in [5.41, 5.74) is 0. The summed E-state index contributed by atoms with van der Waals surface area (Å²) < 4.78 is 0. The molecule has 0 rings (SSSR count). The molecule has 1 atom stereocenters. The first kappa shape index (κ1) is 14.1. The molecule has 1 amide bonds. The Hall–Kier alpha value is -0.870. The maximum atomic E-state index is 11.6. The molecule has 0 aliphatic heterocycles. The Kier molecular flexibility index (Phi) is 7.95. The molecule has 0 aromatic rings. The number of rotatable bonds is 8. The molecule has 0 aliphatic carbocycles. The van der Waals surface area contributed by atoms with Crippen LogP contribution in [0.4, 0.5) is 0 Å². The van der Waals surface area contributed by atoms with Crippen molar-refractivity contribution in [2.24, 2.45) is 0 Å². The van der Waals surface area contributed by atoms with E-state index in [1.165, 1.54) is 0 Å². The maximum absolute atomic E-state index is 11.6. The lowest BCUT2D eigenvalue weighted by molar-refractivity contribution is -0.125. The third-order valence-corrected chi connectivity index (χ3v) is 2.36. The van der Waals surface area contributed by atoms with Crippen molar-refractivity contribution in [2.75, 3.05) is 26.2 Å². The number of hydrogen-bond donors (Lipinski definition) is 2. The van der Waals surface area contributed by atoms with Crippen LogP contribution in [0.3, 0.4) is 0 Å². The molecular formula is C11H22N2O2. The van der Waals surface area contributed by atoms with Crippen LogP contribution in [-0.4, -0.2) is 48.2 Å². The van der Waals surface area contributed by atoms with Crippen LogP contribution in [-0.2, 0) is 4.79 Å². The molecule has 0 saturated heterocycles. The molecule has 0 fully saturated rings. The molecule has 0 bridgehead atoms. The van der Waals surface area contributed by atoms with Gasteiger partial charge in [0.1, 0.15) is 0 Å². The molecule has 0 radical (unpaired) electrons. The number of carbonyl (C=O) groups is 1. The van der Waals surface area contributed by atoms with Gasteiger partial charge in [-0.25, -0.2) is 0 Å². The maximum Gasteiger partial charge on any atom is 0.237 e. The highest BCUT2D eigenvalue weighted by Gasteiger charge is 2.18. The largest absolute Gasteiger partial charge is 0.396 e. The minimum Gasteiger partial charge on any atom is -0.396 e. The van der Waals surface area contributed by atoms with Crippen molar-refractivity contribution >= 4 is 5.91 Å². The van der Waals surface area contributed by atoms with E-state index in [1.54, 1.807) is 6.08 Å². The topological polar surface area (TPSA) is 52.6 Å². The first-order valence-electron chi connectivity index (χ1n) is 5.40. The van der Waals surface area contributed by atoms with E-state index in [-0.39, 0.29) is 18.6 Å². The Bertz CT molecular complexity index is 195. The molecule has 0 aliphatic rings. The number of likely N-dealkylation sites (N-methyl/N-ethyl adjacent to an activating group) is 1. The van der Waals surface area contributed by atoms with Gasteiger partial charge in [-0.05, 0) is 19.9 Å². The van der Waals surface area contributed by atoms with E-state index in [0.717, 1.165) is 13.1 Å². The highest BCUT2D eigenvalue weighted by atomic mass is 16.3. The van der Waals surface area contributed by atoms with Crippen molar-refractivity contribution in [1.29, 1.82) is 0 Å². The van der Waals surface area contributed by atoms with Gasteiger partial charge in [0.2, 0.25) is 5.91 Å². The van der Waals surface area contributed by atoms with Crippen LogP contribution in [0.5, 0.6) is 0 Å². The van der Waals surface area contributed by atoms with Crippen LogP contribution in [0.1, 0.15) is 20.3 Å². The molecule has 0 aromatic heterocycles.